The van der Waals surface area contributed by atoms with Crippen LogP contribution in [0.2, 0.25) is 0 Å². The Hall–Kier alpha value is -3.09. The van der Waals surface area contributed by atoms with Gasteiger partial charge in [-0.15, -0.1) is 0 Å². The fourth-order valence-corrected chi connectivity index (χ4v) is 1.74. The predicted octanol–water partition coefficient (Wildman–Crippen LogP) is 2.05. The number of carbonyl (C=O) groups excluding carboxylic acids is 1. The van der Waals surface area contributed by atoms with Crippen molar-refractivity contribution < 1.29 is 9.18 Å². The quantitative estimate of drug-likeness (QED) is 0.798. The van der Waals surface area contributed by atoms with E-state index in [9.17, 15) is 9.18 Å². The summed E-state index contributed by atoms with van der Waals surface area (Å²) in [5.74, 6) is -0.384. The minimum Gasteiger partial charge on any atom is -0.319 e. The zero-order valence-corrected chi connectivity index (χ0v) is 10.8. The van der Waals surface area contributed by atoms with Crippen molar-refractivity contribution in [3.05, 3.63) is 66.6 Å². The highest BCUT2D eigenvalue weighted by molar-refractivity contribution is 6.04. The maximum Gasteiger partial charge on any atom is 0.257 e. The number of halogens is 1. The van der Waals surface area contributed by atoms with Crippen LogP contribution in [0, 0.1) is 5.82 Å². The largest absolute Gasteiger partial charge is 0.319 e. The fourth-order valence-electron chi connectivity index (χ4n) is 1.74. The Morgan fingerprint density at radius 2 is 2.05 bits per heavy atom. The number of nitrogens with zero attached hydrogens (tertiary/aromatic N) is 4. The first kappa shape index (κ1) is 12.9. The number of hydrogen-bond donors (Lipinski definition) is 1. The van der Waals surface area contributed by atoms with Crippen LogP contribution in [0.1, 0.15) is 10.4 Å². The molecule has 0 aliphatic rings. The van der Waals surface area contributed by atoms with E-state index in [1.807, 2.05) is 0 Å². The summed E-state index contributed by atoms with van der Waals surface area (Å²) in [4.78, 5) is 19.9. The van der Waals surface area contributed by atoms with Crippen LogP contribution < -0.4 is 5.32 Å². The molecule has 1 amide bonds. The number of hydrogen-bond acceptors (Lipinski definition) is 4. The van der Waals surface area contributed by atoms with Crippen LogP contribution in [-0.4, -0.2) is 25.7 Å². The third kappa shape index (κ3) is 2.76. The van der Waals surface area contributed by atoms with Gasteiger partial charge in [-0.1, -0.05) is 12.1 Å². The van der Waals surface area contributed by atoms with Gasteiger partial charge < -0.3 is 5.32 Å². The number of aromatic nitrogens is 4. The third-order valence-electron chi connectivity index (χ3n) is 2.79. The first-order valence-corrected chi connectivity index (χ1v) is 6.11. The molecule has 0 unspecified atom stereocenters. The number of benzene rings is 1. The number of amides is 1. The van der Waals surface area contributed by atoms with Crippen LogP contribution >= 0.6 is 0 Å². The van der Waals surface area contributed by atoms with Crippen molar-refractivity contribution in [2.75, 3.05) is 5.32 Å². The molecule has 6 nitrogen and oxygen atoms in total. The average Bonchev–Trinajstić information content (AvgIpc) is 3.04. The zero-order chi connectivity index (χ0) is 14.7. The summed E-state index contributed by atoms with van der Waals surface area (Å²) in [5.41, 5.74) is 0.449. The van der Waals surface area contributed by atoms with Gasteiger partial charge in [0.15, 0.2) is 5.82 Å². The molecule has 104 valence electrons. The van der Waals surface area contributed by atoms with Crippen molar-refractivity contribution in [3.63, 3.8) is 0 Å². The van der Waals surface area contributed by atoms with E-state index < -0.39 is 11.7 Å². The predicted molar refractivity (Wildman–Crippen MR) is 73.5 cm³/mol. The molecule has 7 heteroatoms. The van der Waals surface area contributed by atoms with Gasteiger partial charge in [-0.05, 0) is 24.3 Å². The van der Waals surface area contributed by atoms with E-state index in [1.165, 1.54) is 35.7 Å². The molecule has 0 fully saturated rings. The molecule has 0 saturated carbocycles. The summed E-state index contributed by atoms with van der Waals surface area (Å²) in [5, 5.41) is 6.43. The lowest BCUT2D eigenvalue weighted by atomic mass is 10.2. The lowest BCUT2D eigenvalue weighted by molar-refractivity contribution is 0.102. The Bertz CT molecular complexity index is 755. The van der Waals surface area contributed by atoms with Gasteiger partial charge in [0.25, 0.3) is 5.91 Å². The molecule has 0 saturated heterocycles. The topological polar surface area (TPSA) is 72.7 Å². The van der Waals surface area contributed by atoms with Gasteiger partial charge >= 0.3 is 0 Å². The van der Waals surface area contributed by atoms with E-state index in [2.05, 4.69) is 20.4 Å². The summed E-state index contributed by atoms with van der Waals surface area (Å²) in [6.45, 7) is 0. The first-order chi connectivity index (χ1) is 10.2. The smallest absolute Gasteiger partial charge is 0.257 e. The Labute approximate surface area is 119 Å². The van der Waals surface area contributed by atoms with Gasteiger partial charge in [-0.2, -0.15) is 5.10 Å². The third-order valence-corrected chi connectivity index (χ3v) is 2.79. The van der Waals surface area contributed by atoms with Crippen LogP contribution in [0.3, 0.4) is 0 Å². The molecule has 21 heavy (non-hydrogen) atoms. The Morgan fingerprint density at radius 3 is 2.71 bits per heavy atom. The molecule has 0 radical (unpaired) electrons. The highest BCUT2D eigenvalue weighted by Crippen LogP contribution is 2.14. The lowest BCUT2D eigenvalue weighted by Crippen LogP contribution is -2.13. The van der Waals surface area contributed by atoms with Gasteiger partial charge in [0, 0.05) is 6.20 Å². The molecule has 0 bridgehead atoms. The second kappa shape index (κ2) is 5.49. The van der Waals surface area contributed by atoms with E-state index >= 15 is 0 Å². The molecule has 0 aliphatic carbocycles. The van der Waals surface area contributed by atoms with E-state index in [0.29, 0.717) is 11.4 Å². The number of pyridine rings is 1. The van der Waals surface area contributed by atoms with Crippen molar-refractivity contribution in [3.8, 4) is 5.82 Å². The Kier molecular flexibility index (Phi) is 3.38. The normalized spacial score (nSPS) is 10.3. The van der Waals surface area contributed by atoms with Gasteiger partial charge in [-0.25, -0.2) is 19.0 Å². The van der Waals surface area contributed by atoms with Crippen LogP contribution in [0.4, 0.5) is 10.1 Å². The van der Waals surface area contributed by atoms with E-state index in [1.54, 1.807) is 24.3 Å². The Balaban J connectivity index is 1.78. The number of anilines is 1. The monoisotopic (exact) mass is 283 g/mol. The second-order valence-electron chi connectivity index (χ2n) is 4.18. The van der Waals surface area contributed by atoms with Crippen LogP contribution in [0.25, 0.3) is 5.82 Å². The number of rotatable bonds is 3. The highest BCUT2D eigenvalue weighted by Gasteiger charge is 2.09. The molecular weight excluding hydrogens is 273 g/mol. The fraction of sp³-hybridized carbons (Fsp3) is 0. The molecule has 2 aromatic heterocycles. The van der Waals surface area contributed by atoms with E-state index in [-0.39, 0.29) is 5.69 Å². The molecule has 3 rings (SSSR count). The van der Waals surface area contributed by atoms with Crippen molar-refractivity contribution >= 4 is 11.6 Å². The standard InChI is InChI=1S/C14H10FN5O/c15-11-3-1-2-4-12(11)19-14(21)10-5-6-13(17-7-10)20-9-16-8-18-20/h1-9H,(H,19,21). The zero-order valence-electron chi connectivity index (χ0n) is 10.8. The van der Waals surface area contributed by atoms with Crippen molar-refractivity contribution in [2.24, 2.45) is 0 Å². The number of nitrogens with one attached hydrogen (secondary N) is 1. The number of carbonyl (C=O) groups is 1. The van der Waals surface area contributed by atoms with Crippen molar-refractivity contribution in [1.29, 1.82) is 0 Å². The molecule has 1 N–H and O–H groups in total. The Morgan fingerprint density at radius 1 is 1.19 bits per heavy atom. The molecule has 0 atom stereocenters. The minimum absolute atomic E-state index is 0.128. The second-order valence-corrected chi connectivity index (χ2v) is 4.18. The lowest BCUT2D eigenvalue weighted by Gasteiger charge is -2.06. The molecule has 0 spiro atoms. The SMILES string of the molecule is O=C(Nc1ccccc1F)c1ccc(-n2cncn2)nc1. The number of para-hydroxylation sites is 1. The minimum atomic E-state index is -0.488. The maximum atomic E-state index is 13.5. The summed E-state index contributed by atoms with van der Waals surface area (Å²) >= 11 is 0. The summed E-state index contributed by atoms with van der Waals surface area (Å²) < 4.78 is 14.9. The molecule has 1 aromatic carbocycles. The van der Waals surface area contributed by atoms with Gasteiger partial charge in [0.05, 0.1) is 11.3 Å². The highest BCUT2D eigenvalue weighted by atomic mass is 19.1. The molecular formula is C14H10FN5O. The van der Waals surface area contributed by atoms with Crippen LogP contribution in [-0.2, 0) is 0 Å². The summed E-state index contributed by atoms with van der Waals surface area (Å²) in [7, 11) is 0. The average molecular weight is 283 g/mol. The van der Waals surface area contributed by atoms with Crippen molar-refractivity contribution in [1.82, 2.24) is 19.7 Å². The van der Waals surface area contributed by atoms with Gasteiger partial charge in [0.2, 0.25) is 0 Å². The first-order valence-electron chi connectivity index (χ1n) is 6.11. The van der Waals surface area contributed by atoms with Crippen LogP contribution in [0.5, 0.6) is 0 Å². The molecule has 0 aliphatic heterocycles. The van der Waals surface area contributed by atoms with E-state index in [0.717, 1.165) is 0 Å². The summed E-state index contributed by atoms with van der Waals surface area (Å²) in [6, 6.07) is 9.18. The van der Waals surface area contributed by atoms with Crippen molar-refractivity contribution in [2.45, 2.75) is 0 Å². The van der Waals surface area contributed by atoms with Gasteiger partial charge in [-0.3, -0.25) is 4.79 Å². The summed E-state index contributed by atoms with van der Waals surface area (Å²) in [6.07, 6.45) is 4.29. The van der Waals surface area contributed by atoms with Gasteiger partial charge in [0.1, 0.15) is 18.5 Å². The molecule has 2 heterocycles. The van der Waals surface area contributed by atoms with Crippen LogP contribution in [0.15, 0.2) is 55.2 Å². The van der Waals surface area contributed by atoms with E-state index in [4.69, 9.17) is 0 Å². The maximum absolute atomic E-state index is 13.5. The molecule has 3 aromatic rings.